The molecule has 4 N–H and O–H groups in total. The first-order valence-corrected chi connectivity index (χ1v) is 14.1. The monoisotopic (exact) mass is 573 g/mol. The third kappa shape index (κ3) is 6.53. The summed E-state index contributed by atoms with van der Waals surface area (Å²) in [4.78, 5) is 23.5. The van der Waals surface area contributed by atoms with Crippen LogP contribution >= 0.6 is 0 Å². The molecule has 0 aromatic heterocycles. The number of carboxylic acids is 1. The van der Waals surface area contributed by atoms with Crippen LogP contribution in [0.15, 0.2) is 59.5 Å². The second-order valence-corrected chi connectivity index (χ2v) is 11.2. The van der Waals surface area contributed by atoms with Gasteiger partial charge in [0, 0.05) is 26.1 Å². The molecule has 1 aliphatic heterocycles. The van der Waals surface area contributed by atoms with Crippen LogP contribution < -0.4 is 5.14 Å². The largest absolute Gasteiger partial charge is 0.477 e. The van der Waals surface area contributed by atoms with Gasteiger partial charge in [0.05, 0.1) is 11.0 Å². The first-order valence-electron chi connectivity index (χ1n) is 12.5. The first kappa shape index (κ1) is 29.3. The number of hydrogen-bond donors (Lipinski definition) is 3. The fraction of sp³-hybridized carbons (Fsp3) is 0.286. The van der Waals surface area contributed by atoms with Crippen molar-refractivity contribution in [3.8, 4) is 11.1 Å². The Morgan fingerprint density at radius 1 is 1.07 bits per heavy atom. The average Bonchev–Trinajstić information content (AvgIpc) is 3.23. The molecular weight excluding hydrogens is 544 g/mol. The molecule has 0 saturated carbocycles. The van der Waals surface area contributed by atoms with Crippen molar-refractivity contribution in [3.63, 3.8) is 0 Å². The molecule has 4 rings (SSSR count). The maximum absolute atomic E-state index is 14.0. The molecule has 0 aliphatic carbocycles. The minimum Gasteiger partial charge on any atom is -0.477 e. The maximum Gasteiger partial charge on any atom is 0.341 e. The predicted molar refractivity (Wildman–Crippen MR) is 142 cm³/mol. The maximum atomic E-state index is 14.0. The van der Waals surface area contributed by atoms with Crippen LogP contribution in [0.1, 0.15) is 46.0 Å². The molecule has 1 heterocycles. The summed E-state index contributed by atoms with van der Waals surface area (Å²) in [5.41, 5.74) is 2.15. The van der Waals surface area contributed by atoms with Gasteiger partial charge < -0.3 is 10.2 Å². The van der Waals surface area contributed by atoms with Crippen molar-refractivity contribution in [3.05, 3.63) is 88.5 Å². The molecule has 1 atom stereocenters. The van der Waals surface area contributed by atoms with Crippen molar-refractivity contribution < 1.29 is 37.0 Å². The summed E-state index contributed by atoms with van der Waals surface area (Å²) in [6, 6.07) is 13.8. The normalized spacial score (nSPS) is 15.0. The standard InChI is InChI=1S/C28H29F2N3O6S/c1-17-13-21(40(31,38)39)5-6-22(17)19-3-2-4-20(16-19)25(34)8-10-32-11-9-26(35)33(32)12-7-18-14-23(29)27(28(36)37)24(30)15-18/h2-6,13-16,25,34H,7-12H2,1H3,(H,36,37)(H2,31,38,39)/t25-/m1/s1. The predicted octanol–water partition coefficient (Wildman–Crippen LogP) is 3.40. The van der Waals surface area contributed by atoms with Crippen molar-refractivity contribution in [1.82, 2.24) is 10.0 Å². The number of carbonyl (C=O) groups is 2. The number of primary sulfonamides is 1. The molecule has 212 valence electrons. The van der Waals surface area contributed by atoms with Crippen LogP contribution in [0.25, 0.3) is 11.1 Å². The van der Waals surface area contributed by atoms with Gasteiger partial charge in [-0.1, -0.05) is 24.3 Å². The van der Waals surface area contributed by atoms with Crippen molar-refractivity contribution in [2.75, 3.05) is 19.6 Å². The molecule has 12 heteroatoms. The smallest absolute Gasteiger partial charge is 0.341 e. The van der Waals surface area contributed by atoms with Gasteiger partial charge in [-0.2, -0.15) is 0 Å². The Balaban J connectivity index is 1.41. The summed E-state index contributed by atoms with van der Waals surface area (Å²) < 4.78 is 51.4. The highest BCUT2D eigenvalue weighted by atomic mass is 32.2. The first-order chi connectivity index (χ1) is 18.8. The number of nitrogens with two attached hydrogens (primary N) is 1. The Labute approximate surface area is 230 Å². The lowest BCUT2D eigenvalue weighted by molar-refractivity contribution is -0.138. The molecule has 40 heavy (non-hydrogen) atoms. The number of aliphatic hydroxyl groups excluding tert-OH is 1. The van der Waals surface area contributed by atoms with E-state index in [4.69, 9.17) is 10.2 Å². The molecule has 0 spiro atoms. The summed E-state index contributed by atoms with van der Waals surface area (Å²) >= 11 is 0. The van der Waals surface area contributed by atoms with Gasteiger partial charge in [0.1, 0.15) is 17.2 Å². The second-order valence-electron chi connectivity index (χ2n) is 9.66. The zero-order valence-electron chi connectivity index (χ0n) is 21.7. The molecule has 3 aromatic carbocycles. The van der Waals surface area contributed by atoms with E-state index in [2.05, 4.69) is 0 Å². The minimum absolute atomic E-state index is 0.0159. The third-order valence-corrected chi connectivity index (χ3v) is 7.82. The van der Waals surface area contributed by atoms with Crippen LogP contribution in [0.5, 0.6) is 0 Å². The minimum atomic E-state index is -3.83. The van der Waals surface area contributed by atoms with Crippen LogP contribution in [0, 0.1) is 18.6 Å². The molecule has 3 aromatic rings. The van der Waals surface area contributed by atoms with E-state index in [1.807, 2.05) is 12.1 Å². The number of sulfonamides is 1. The van der Waals surface area contributed by atoms with Crippen LogP contribution in [0.4, 0.5) is 8.78 Å². The molecular formula is C28H29F2N3O6S. The van der Waals surface area contributed by atoms with Gasteiger partial charge in [0.2, 0.25) is 15.9 Å². The van der Waals surface area contributed by atoms with Gasteiger partial charge in [0.25, 0.3) is 0 Å². The van der Waals surface area contributed by atoms with E-state index in [-0.39, 0.29) is 35.8 Å². The molecule has 9 nitrogen and oxygen atoms in total. The zero-order valence-corrected chi connectivity index (χ0v) is 22.5. The molecule has 1 fully saturated rings. The number of hydrazine groups is 1. The van der Waals surface area contributed by atoms with E-state index in [0.29, 0.717) is 30.6 Å². The van der Waals surface area contributed by atoms with Crippen LogP contribution in [-0.4, -0.2) is 60.2 Å². The second kappa shape index (κ2) is 11.8. The number of aliphatic hydroxyl groups is 1. The van der Waals surface area contributed by atoms with Crippen molar-refractivity contribution in [2.45, 2.75) is 37.2 Å². The van der Waals surface area contributed by atoms with Crippen molar-refractivity contribution in [2.24, 2.45) is 5.14 Å². The van der Waals surface area contributed by atoms with E-state index in [1.165, 1.54) is 17.1 Å². The van der Waals surface area contributed by atoms with Gasteiger partial charge in [-0.05, 0) is 77.9 Å². The summed E-state index contributed by atoms with van der Waals surface area (Å²) in [7, 11) is -3.83. The number of aryl methyl sites for hydroxylation is 1. The molecule has 1 amide bonds. The van der Waals surface area contributed by atoms with E-state index in [9.17, 15) is 31.9 Å². The van der Waals surface area contributed by atoms with Gasteiger partial charge in [-0.15, -0.1) is 0 Å². The van der Waals surface area contributed by atoms with E-state index >= 15 is 0 Å². The Morgan fingerprint density at radius 3 is 2.40 bits per heavy atom. The SMILES string of the molecule is Cc1cc(S(N)(=O)=O)ccc1-c1cccc([C@H](O)CCN2CCC(=O)N2CCc2cc(F)c(C(=O)O)c(F)c2)c1. The van der Waals surface area contributed by atoms with E-state index in [1.54, 1.807) is 30.1 Å². The Morgan fingerprint density at radius 2 is 1.77 bits per heavy atom. The fourth-order valence-corrected chi connectivity index (χ4v) is 5.43. The van der Waals surface area contributed by atoms with Crippen molar-refractivity contribution in [1.29, 1.82) is 0 Å². The highest BCUT2D eigenvalue weighted by Gasteiger charge is 2.29. The van der Waals surface area contributed by atoms with E-state index < -0.39 is 39.3 Å². The number of carbonyl (C=O) groups excluding carboxylic acids is 1. The number of rotatable bonds is 10. The molecule has 0 bridgehead atoms. The number of amides is 1. The molecule has 0 unspecified atom stereocenters. The number of carboxylic acid groups (broad SMARTS) is 1. The van der Waals surface area contributed by atoms with Crippen LogP contribution in [0.3, 0.4) is 0 Å². The number of aromatic carboxylic acids is 1. The number of halogens is 2. The van der Waals surface area contributed by atoms with Crippen molar-refractivity contribution >= 4 is 21.9 Å². The Bertz CT molecular complexity index is 1540. The molecule has 0 radical (unpaired) electrons. The van der Waals surface area contributed by atoms with Crippen LogP contribution in [0.2, 0.25) is 0 Å². The van der Waals surface area contributed by atoms with E-state index in [0.717, 1.165) is 23.3 Å². The van der Waals surface area contributed by atoms with Gasteiger partial charge in [-0.25, -0.2) is 32.1 Å². The lowest BCUT2D eigenvalue weighted by Crippen LogP contribution is -2.41. The van der Waals surface area contributed by atoms with Crippen LogP contribution in [-0.2, 0) is 21.2 Å². The quantitative estimate of drug-likeness (QED) is 0.338. The van der Waals surface area contributed by atoms with Gasteiger partial charge >= 0.3 is 5.97 Å². The number of nitrogens with zero attached hydrogens (tertiary/aromatic N) is 2. The van der Waals surface area contributed by atoms with Gasteiger partial charge in [-0.3, -0.25) is 9.80 Å². The summed E-state index contributed by atoms with van der Waals surface area (Å²) in [5.74, 6) is -4.19. The third-order valence-electron chi connectivity index (χ3n) is 6.91. The Kier molecular flexibility index (Phi) is 8.64. The summed E-state index contributed by atoms with van der Waals surface area (Å²) in [5, 5.41) is 28.3. The zero-order chi connectivity index (χ0) is 29.2. The topological polar surface area (TPSA) is 141 Å². The average molecular weight is 574 g/mol. The summed E-state index contributed by atoms with van der Waals surface area (Å²) in [6.45, 7) is 2.70. The Hall–Kier alpha value is -3.71. The lowest BCUT2D eigenvalue weighted by Gasteiger charge is -2.29. The molecule has 1 saturated heterocycles. The highest BCUT2D eigenvalue weighted by molar-refractivity contribution is 7.89. The summed E-state index contributed by atoms with van der Waals surface area (Å²) in [6.07, 6.45) is -0.176. The highest BCUT2D eigenvalue weighted by Crippen LogP contribution is 2.29. The van der Waals surface area contributed by atoms with Gasteiger partial charge in [0.15, 0.2) is 0 Å². The number of benzene rings is 3. The number of hydrogen-bond acceptors (Lipinski definition) is 6. The fourth-order valence-electron chi connectivity index (χ4n) is 4.83. The molecule has 1 aliphatic rings. The lowest BCUT2D eigenvalue weighted by atomic mass is 9.96.